The average molecular weight is 240 g/mol. The predicted octanol–water partition coefficient (Wildman–Crippen LogP) is 1.36. The van der Waals surface area contributed by atoms with Crippen LogP contribution < -0.4 is 11.1 Å². The molecule has 1 aliphatic carbocycles. The summed E-state index contributed by atoms with van der Waals surface area (Å²) in [5, 5.41) is 2.89. The number of carbonyl (C=O) groups is 1. The van der Waals surface area contributed by atoms with E-state index >= 15 is 0 Å². The van der Waals surface area contributed by atoms with Gasteiger partial charge in [0.05, 0.1) is 6.04 Å². The molecule has 0 heterocycles. The first-order valence-corrected chi connectivity index (χ1v) is 6.44. The molecular formula is C13H24N2O2. The minimum atomic E-state index is -0.400. The first-order valence-electron chi connectivity index (χ1n) is 6.44. The normalized spacial score (nSPS) is 16.7. The van der Waals surface area contributed by atoms with Crippen molar-refractivity contribution in [2.45, 2.75) is 44.6 Å². The lowest BCUT2D eigenvalue weighted by Crippen LogP contribution is -2.41. The minimum Gasteiger partial charge on any atom is -0.385 e. The van der Waals surface area contributed by atoms with Crippen LogP contribution in [0.15, 0.2) is 11.6 Å². The fraction of sp³-hybridized carbons (Fsp3) is 0.769. The molecule has 1 unspecified atom stereocenters. The van der Waals surface area contributed by atoms with E-state index in [9.17, 15) is 4.79 Å². The van der Waals surface area contributed by atoms with Crippen LogP contribution in [0.25, 0.3) is 0 Å². The minimum absolute atomic E-state index is 0.0419. The van der Waals surface area contributed by atoms with Gasteiger partial charge in [-0.3, -0.25) is 4.79 Å². The van der Waals surface area contributed by atoms with Gasteiger partial charge in [-0.2, -0.15) is 0 Å². The summed E-state index contributed by atoms with van der Waals surface area (Å²) < 4.78 is 4.93. The molecule has 17 heavy (non-hydrogen) atoms. The molecule has 0 bridgehead atoms. The Hall–Kier alpha value is -0.870. The van der Waals surface area contributed by atoms with Crippen molar-refractivity contribution in [3.05, 3.63) is 11.6 Å². The van der Waals surface area contributed by atoms with Crippen LogP contribution in [0.4, 0.5) is 0 Å². The third-order valence-electron chi connectivity index (χ3n) is 3.08. The van der Waals surface area contributed by atoms with Gasteiger partial charge in [0.2, 0.25) is 5.91 Å². The number of hydrogen-bond donors (Lipinski definition) is 2. The van der Waals surface area contributed by atoms with Crippen LogP contribution in [-0.4, -0.2) is 32.2 Å². The first kappa shape index (κ1) is 14.2. The summed E-state index contributed by atoms with van der Waals surface area (Å²) in [7, 11) is 1.65. The van der Waals surface area contributed by atoms with E-state index in [1.807, 2.05) is 0 Å². The summed E-state index contributed by atoms with van der Waals surface area (Å²) >= 11 is 0. The molecule has 0 radical (unpaired) electrons. The molecule has 4 heteroatoms. The molecule has 1 rings (SSSR count). The maximum absolute atomic E-state index is 11.6. The lowest BCUT2D eigenvalue weighted by molar-refractivity contribution is -0.122. The van der Waals surface area contributed by atoms with Crippen molar-refractivity contribution >= 4 is 5.91 Å². The molecule has 4 nitrogen and oxygen atoms in total. The zero-order valence-electron chi connectivity index (χ0n) is 10.7. The summed E-state index contributed by atoms with van der Waals surface area (Å²) in [5.41, 5.74) is 7.24. The number of ether oxygens (including phenoxy) is 1. The number of methoxy groups -OCH3 is 1. The van der Waals surface area contributed by atoms with Crippen molar-refractivity contribution in [2.75, 3.05) is 20.3 Å². The van der Waals surface area contributed by atoms with E-state index in [0.29, 0.717) is 19.6 Å². The molecule has 1 amide bonds. The Morgan fingerprint density at radius 3 is 3.12 bits per heavy atom. The molecule has 98 valence electrons. The third kappa shape index (κ3) is 5.84. The molecule has 1 aliphatic rings. The second kappa shape index (κ2) is 8.25. The van der Waals surface area contributed by atoms with Crippen molar-refractivity contribution in [3.63, 3.8) is 0 Å². The van der Waals surface area contributed by atoms with Crippen LogP contribution in [-0.2, 0) is 9.53 Å². The third-order valence-corrected chi connectivity index (χ3v) is 3.08. The lowest BCUT2D eigenvalue weighted by atomic mass is 10.1. The molecular weight excluding hydrogens is 216 g/mol. The van der Waals surface area contributed by atoms with Crippen molar-refractivity contribution in [1.29, 1.82) is 0 Å². The average Bonchev–Trinajstić information content (AvgIpc) is 2.82. The van der Waals surface area contributed by atoms with Crippen LogP contribution >= 0.6 is 0 Å². The van der Waals surface area contributed by atoms with Crippen LogP contribution in [0.5, 0.6) is 0 Å². The molecule has 0 spiro atoms. The van der Waals surface area contributed by atoms with Gasteiger partial charge in [0, 0.05) is 20.3 Å². The van der Waals surface area contributed by atoms with Crippen LogP contribution in [0.2, 0.25) is 0 Å². The smallest absolute Gasteiger partial charge is 0.236 e. The van der Waals surface area contributed by atoms with Crippen molar-refractivity contribution in [2.24, 2.45) is 5.73 Å². The monoisotopic (exact) mass is 240 g/mol. The summed E-state index contributed by atoms with van der Waals surface area (Å²) in [5.74, 6) is -0.0419. The molecule has 3 N–H and O–H groups in total. The summed E-state index contributed by atoms with van der Waals surface area (Å²) in [6, 6.07) is -0.400. The first-order chi connectivity index (χ1) is 8.24. The van der Waals surface area contributed by atoms with Gasteiger partial charge >= 0.3 is 0 Å². The van der Waals surface area contributed by atoms with Gasteiger partial charge < -0.3 is 15.8 Å². The van der Waals surface area contributed by atoms with Crippen molar-refractivity contribution in [1.82, 2.24) is 5.32 Å². The highest BCUT2D eigenvalue weighted by atomic mass is 16.5. The SMILES string of the molecule is COCCCC(N)C(=O)NCCC1=CCCC1. The van der Waals surface area contributed by atoms with E-state index in [1.165, 1.54) is 24.8 Å². The van der Waals surface area contributed by atoms with E-state index in [4.69, 9.17) is 10.5 Å². The Labute approximate surface area is 104 Å². The molecule has 0 aromatic rings. The number of carbonyl (C=O) groups excluding carboxylic acids is 1. The number of rotatable bonds is 8. The Kier molecular flexibility index (Phi) is 6.89. The summed E-state index contributed by atoms with van der Waals surface area (Å²) in [6.07, 6.45) is 8.41. The van der Waals surface area contributed by atoms with Crippen molar-refractivity contribution in [3.8, 4) is 0 Å². The topological polar surface area (TPSA) is 64.3 Å². The van der Waals surface area contributed by atoms with Gasteiger partial charge in [-0.25, -0.2) is 0 Å². The van der Waals surface area contributed by atoms with Gasteiger partial charge in [0.1, 0.15) is 0 Å². The zero-order valence-corrected chi connectivity index (χ0v) is 10.7. The Morgan fingerprint density at radius 1 is 1.65 bits per heavy atom. The standard InChI is InChI=1S/C13H24N2O2/c1-17-10-4-7-12(14)13(16)15-9-8-11-5-2-3-6-11/h5,12H,2-4,6-10,14H2,1H3,(H,15,16). The molecule has 0 saturated heterocycles. The van der Waals surface area contributed by atoms with Gasteiger partial charge in [0.15, 0.2) is 0 Å². The van der Waals surface area contributed by atoms with Crippen LogP contribution in [0.1, 0.15) is 38.5 Å². The summed E-state index contributed by atoms with van der Waals surface area (Å²) in [4.78, 5) is 11.6. The molecule has 0 aliphatic heterocycles. The van der Waals surface area contributed by atoms with Gasteiger partial charge in [0.25, 0.3) is 0 Å². The highest BCUT2D eigenvalue weighted by Crippen LogP contribution is 2.19. The van der Waals surface area contributed by atoms with E-state index in [1.54, 1.807) is 7.11 Å². The largest absolute Gasteiger partial charge is 0.385 e. The number of nitrogens with one attached hydrogen (secondary N) is 1. The maximum atomic E-state index is 11.6. The van der Waals surface area contributed by atoms with Crippen LogP contribution in [0, 0.1) is 0 Å². The zero-order chi connectivity index (χ0) is 12.5. The van der Waals surface area contributed by atoms with E-state index in [0.717, 1.165) is 12.8 Å². The highest BCUT2D eigenvalue weighted by Gasteiger charge is 2.12. The van der Waals surface area contributed by atoms with Gasteiger partial charge in [-0.05, 0) is 38.5 Å². The second-order valence-electron chi connectivity index (χ2n) is 4.54. The fourth-order valence-corrected chi connectivity index (χ4v) is 2.02. The molecule has 0 saturated carbocycles. The van der Waals surface area contributed by atoms with Gasteiger partial charge in [-0.15, -0.1) is 0 Å². The maximum Gasteiger partial charge on any atom is 0.236 e. The number of hydrogen-bond acceptors (Lipinski definition) is 3. The molecule has 1 atom stereocenters. The summed E-state index contributed by atoms with van der Waals surface area (Å²) in [6.45, 7) is 1.37. The van der Waals surface area contributed by atoms with Gasteiger partial charge in [-0.1, -0.05) is 11.6 Å². The number of nitrogens with two attached hydrogens (primary N) is 1. The molecule has 0 fully saturated rings. The highest BCUT2D eigenvalue weighted by molar-refractivity contribution is 5.81. The van der Waals surface area contributed by atoms with E-state index in [-0.39, 0.29) is 5.91 Å². The predicted molar refractivity (Wildman–Crippen MR) is 68.6 cm³/mol. The van der Waals surface area contributed by atoms with E-state index < -0.39 is 6.04 Å². The fourth-order valence-electron chi connectivity index (χ4n) is 2.02. The molecule has 0 aromatic carbocycles. The lowest BCUT2D eigenvalue weighted by Gasteiger charge is -2.12. The van der Waals surface area contributed by atoms with E-state index in [2.05, 4.69) is 11.4 Å². The number of allylic oxidation sites excluding steroid dienone is 1. The Morgan fingerprint density at radius 2 is 2.47 bits per heavy atom. The van der Waals surface area contributed by atoms with Crippen LogP contribution in [0.3, 0.4) is 0 Å². The Bertz CT molecular complexity index is 264. The quantitative estimate of drug-likeness (QED) is 0.497. The second-order valence-corrected chi connectivity index (χ2v) is 4.54. The van der Waals surface area contributed by atoms with Crippen molar-refractivity contribution < 1.29 is 9.53 Å². The molecule has 0 aromatic heterocycles. The Balaban J connectivity index is 2.06. The number of amides is 1.